The number of thiazole rings is 1. The van der Waals surface area contributed by atoms with Gasteiger partial charge in [0.05, 0.1) is 18.3 Å². The van der Waals surface area contributed by atoms with Crippen LogP contribution in [0.15, 0.2) is 23.7 Å². The fourth-order valence-electron chi connectivity index (χ4n) is 2.50. The number of likely N-dealkylation sites (N-methyl/N-ethyl adjacent to an activating group) is 1. The van der Waals surface area contributed by atoms with E-state index in [1.807, 2.05) is 29.3 Å². The van der Waals surface area contributed by atoms with Crippen molar-refractivity contribution in [2.24, 2.45) is 0 Å². The van der Waals surface area contributed by atoms with Gasteiger partial charge in [0, 0.05) is 37.3 Å². The highest BCUT2D eigenvalue weighted by atomic mass is 32.1. The van der Waals surface area contributed by atoms with E-state index in [1.165, 1.54) is 11.3 Å². The smallest absolute Gasteiger partial charge is 0.228 e. The summed E-state index contributed by atoms with van der Waals surface area (Å²) in [5, 5.41) is 2.82. The van der Waals surface area contributed by atoms with Gasteiger partial charge >= 0.3 is 0 Å². The quantitative estimate of drug-likeness (QED) is 0.825. The molecule has 1 saturated heterocycles. The number of carbonyl (C=O) groups is 1. The molecule has 0 radical (unpaired) electrons. The summed E-state index contributed by atoms with van der Waals surface area (Å²) in [6.45, 7) is 5.82. The lowest BCUT2D eigenvalue weighted by Gasteiger charge is -2.32. The summed E-state index contributed by atoms with van der Waals surface area (Å²) in [4.78, 5) is 25.2. The lowest BCUT2D eigenvalue weighted by atomic mass is 10.2. The van der Waals surface area contributed by atoms with E-state index in [4.69, 9.17) is 4.74 Å². The Kier molecular flexibility index (Phi) is 5.42. The number of ether oxygens (including phenoxy) is 1. The molecular formula is C17H22N4O2S. The van der Waals surface area contributed by atoms with Crippen LogP contribution < -0.4 is 4.74 Å². The van der Waals surface area contributed by atoms with Gasteiger partial charge in [0.1, 0.15) is 17.4 Å². The molecule has 0 aromatic carbocycles. The van der Waals surface area contributed by atoms with Gasteiger partial charge in [-0.15, -0.1) is 11.3 Å². The van der Waals surface area contributed by atoms with Crippen molar-refractivity contribution in [1.82, 2.24) is 19.8 Å². The zero-order valence-electron chi connectivity index (χ0n) is 14.1. The van der Waals surface area contributed by atoms with Crippen LogP contribution in [-0.4, -0.2) is 58.9 Å². The third-order valence-corrected chi connectivity index (χ3v) is 4.91. The average molecular weight is 346 g/mol. The van der Waals surface area contributed by atoms with Crippen LogP contribution in [0.3, 0.4) is 0 Å². The zero-order chi connectivity index (χ0) is 16.9. The number of amides is 1. The highest BCUT2D eigenvalue weighted by Crippen LogP contribution is 2.16. The number of piperazine rings is 1. The van der Waals surface area contributed by atoms with E-state index >= 15 is 0 Å². The molecule has 0 atom stereocenters. The molecule has 1 fully saturated rings. The third kappa shape index (κ3) is 4.52. The van der Waals surface area contributed by atoms with Gasteiger partial charge in [0.2, 0.25) is 5.91 Å². The molecule has 0 aliphatic carbocycles. The molecule has 1 amide bonds. The Balaban J connectivity index is 1.50. The van der Waals surface area contributed by atoms with Crippen molar-refractivity contribution in [2.75, 3.05) is 33.2 Å². The normalized spacial score (nSPS) is 15.5. The standard InChI is InChI=1S/C17H22N4O2S/c1-13-3-4-15(10-18-13)23-11-16-19-14(12-24-16)9-17(22)21-7-5-20(2)6-8-21/h3-4,10,12H,5-9,11H2,1-2H3. The van der Waals surface area contributed by atoms with Crippen molar-refractivity contribution in [2.45, 2.75) is 20.0 Å². The summed E-state index contributed by atoms with van der Waals surface area (Å²) < 4.78 is 5.68. The maximum absolute atomic E-state index is 12.3. The van der Waals surface area contributed by atoms with Crippen LogP contribution in [0.1, 0.15) is 16.4 Å². The summed E-state index contributed by atoms with van der Waals surface area (Å²) in [5.74, 6) is 0.884. The van der Waals surface area contributed by atoms with Gasteiger partial charge in [-0.2, -0.15) is 0 Å². The molecule has 128 valence electrons. The number of nitrogens with zero attached hydrogens (tertiary/aromatic N) is 4. The second-order valence-corrected chi connectivity index (χ2v) is 6.96. The maximum atomic E-state index is 12.3. The monoisotopic (exact) mass is 346 g/mol. The SMILES string of the molecule is Cc1ccc(OCc2nc(CC(=O)N3CCN(C)CC3)cs2)cn1. The number of aromatic nitrogens is 2. The van der Waals surface area contributed by atoms with Gasteiger partial charge in [-0.3, -0.25) is 9.78 Å². The molecule has 6 nitrogen and oxygen atoms in total. The Bertz CT molecular complexity index is 678. The van der Waals surface area contributed by atoms with Gasteiger partial charge in [-0.25, -0.2) is 4.98 Å². The van der Waals surface area contributed by atoms with Crippen molar-refractivity contribution in [1.29, 1.82) is 0 Å². The third-order valence-electron chi connectivity index (χ3n) is 4.03. The Hall–Kier alpha value is -1.99. The number of hydrogen-bond acceptors (Lipinski definition) is 6. The molecule has 2 aromatic heterocycles. The number of rotatable bonds is 5. The Morgan fingerprint density at radius 3 is 2.79 bits per heavy atom. The van der Waals surface area contributed by atoms with Crippen LogP contribution in [-0.2, 0) is 17.8 Å². The van der Waals surface area contributed by atoms with Crippen molar-refractivity contribution >= 4 is 17.2 Å². The molecule has 1 aliphatic heterocycles. The van der Waals surface area contributed by atoms with Crippen LogP contribution in [0, 0.1) is 6.92 Å². The number of carbonyl (C=O) groups excluding carboxylic acids is 1. The minimum absolute atomic E-state index is 0.156. The van der Waals surface area contributed by atoms with Gasteiger partial charge in [-0.1, -0.05) is 0 Å². The van der Waals surface area contributed by atoms with E-state index in [1.54, 1.807) is 6.20 Å². The maximum Gasteiger partial charge on any atom is 0.228 e. The van der Waals surface area contributed by atoms with Crippen molar-refractivity contribution in [3.05, 3.63) is 40.1 Å². The van der Waals surface area contributed by atoms with Crippen LogP contribution in [0.4, 0.5) is 0 Å². The highest BCUT2D eigenvalue weighted by Gasteiger charge is 2.20. The number of pyridine rings is 1. The second kappa shape index (κ2) is 7.72. The van der Waals surface area contributed by atoms with E-state index in [0.717, 1.165) is 48.3 Å². The van der Waals surface area contributed by atoms with E-state index < -0.39 is 0 Å². The van der Waals surface area contributed by atoms with Crippen molar-refractivity contribution in [3.8, 4) is 5.75 Å². The molecule has 24 heavy (non-hydrogen) atoms. The Labute approximate surface area is 146 Å². The molecule has 1 aliphatic rings. The summed E-state index contributed by atoms with van der Waals surface area (Å²) >= 11 is 1.53. The Morgan fingerprint density at radius 2 is 2.08 bits per heavy atom. The lowest BCUT2D eigenvalue weighted by Crippen LogP contribution is -2.47. The molecular weight excluding hydrogens is 324 g/mol. The largest absolute Gasteiger partial charge is 0.485 e. The predicted octanol–water partition coefficient (Wildman–Crippen LogP) is 1.74. The molecule has 2 aromatic rings. The molecule has 7 heteroatoms. The fourth-order valence-corrected chi connectivity index (χ4v) is 3.21. The van der Waals surface area contributed by atoms with Crippen molar-refractivity contribution in [3.63, 3.8) is 0 Å². The summed E-state index contributed by atoms with van der Waals surface area (Å²) in [6, 6.07) is 3.81. The first-order valence-corrected chi connectivity index (χ1v) is 8.93. The first-order valence-electron chi connectivity index (χ1n) is 8.05. The second-order valence-electron chi connectivity index (χ2n) is 6.02. The summed E-state index contributed by atoms with van der Waals surface area (Å²) in [5.41, 5.74) is 1.78. The van der Waals surface area contributed by atoms with Gasteiger partial charge < -0.3 is 14.5 Å². The van der Waals surface area contributed by atoms with Crippen LogP contribution >= 0.6 is 11.3 Å². The highest BCUT2D eigenvalue weighted by molar-refractivity contribution is 7.09. The molecule has 0 saturated carbocycles. The first kappa shape index (κ1) is 16.9. The molecule has 3 heterocycles. The van der Waals surface area contributed by atoms with E-state index in [9.17, 15) is 4.79 Å². The number of aryl methyl sites for hydroxylation is 1. The van der Waals surface area contributed by atoms with Gasteiger partial charge in [0.15, 0.2) is 0 Å². The predicted molar refractivity (Wildman–Crippen MR) is 93.2 cm³/mol. The summed E-state index contributed by atoms with van der Waals surface area (Å²) in [6.07, 6.45) is 2.08. The zero-order valence-corrected chi connectivity index (χ0v) is 14.9. The van der Waals surface area contributed by atoms with E-state index in [2.05, 4.69) is 21.9 Å². The van der Waals surface area contributed by atoms with Gasteiger partial charge in [0.25, 0.3) is 0 Å². The molecule has 0 bridgehead atoms. The molecule has 3 rings (SSSR count). The Morgan fingerprint density at radius 1 is 1.29 bits per heavy atom. The molecule has 0 unspecified atom stereocenters. The minimum Gasteiger partial charge on any atom is -0.485 e. The van der Waals surface area contributed by atoms with Crippen LogP contribution in [0.5, 0.6) is 5.75 Å². The molecule has 0 N–H and O–H groups in total. The minimum atomic E-state index is 0.156. The molecule has 0 spiro atoms. The van der Waals surface area contributed by atoms with E-state index in [0.29, 0.717) is 13.0 Å². The van der Waals surface area contributed by atoms with E-state index in [-0.39, 0.29) is 5.91 Å². The fraction of sp³-hybridized carbons (Fsp3) is 0.471. The topological polar surface area (TPSA) is 58.6 Å². The van der Waals surface area contributed by atoms with Crippen LogP contribution in [0.25, 0.3) is 0 Å². The lowest BCUT2D eigenvalue weighted by molar-refractivity contribution is -0.132. The van der Waals surface area contributed by atoms with Crippen LogP contribution in [0.2, 0.25) is 0 Å². The average Bonchev–Trinajstić information content (AvgIpc) is 3.02. The summed E-state index contributed by atoms with van der Waals surface area (Å²) in [7, 11) is 2.08. The number of hydrogen-bond donors (Lipinski definition) is 0. The first-order chi connectivity index (χ1) is 11.6. The van der Waals surface area contributed by atoms with Crippen molar-refractivity contribution < 1.29 is 9.53 Å². The van der Waals surface area contributed by atoms with Gasteiger partial charge in [-0.05, 0) is 26.1 Å².